The van der Waals surface area contributed by atoms with Gasteiger partial charge in [-0.1, -0.05) is 109 Å². The van der Waals surface area contributed by atoms with Gasteiger partial charge in [-0.2, -0.15) is 0 Å². The van der Waals surface area contributed by atoms with Crippen LogP contribution in [0.4, 0.5) is 0 Å². The number of rotatable bonds is 6. The zero-order valence-corrected chi connectivity index (χ0v) is 17.9. The third kappa shape index (κ3) is 4.08. The number of halogens is 1. The summed E-state index contributed by atoms with van der Waals surface area (Å²) in [7, 11) is 0. The summed E-state index contributed by atoms with van der Waals surface area (Å²) in [5, 5.41) is 0. The summed E-state index contributed by atoms with van der Waals surface area (Å²) in [6.07, 6.45) is 6.43. The first-order chi connectivity index (χ1) is 13.3. The molecule has 2 atom stereocenters. The van der Waals surface area contributed by atoms with Crippen molar-refractivity contribution < 1.29 is 4.79 Å². The molecular formula is C24H28INO. The maximum Gasteiger partial charge on any atom is 0.226 e. The second-order valence-corrected chi connectivity index (χ2v) is 9.00. The van der Waals surface area contributed by atoms with Gasteiger partial charge in [0.05, 0.1) is 6.04 Å². The predicted molar refractivity (Wildman–Crippen MR) is 119 cm³/mol. The molecule has 2 aromatic rings. The molecule has 2 aliphatic rings. The minimum atomic E-state index is 0.0268. The van der Waals surface area contributed by atoms with Crippen molar-refractivity contribution in [3.63, 3.8) is 0 Å². The summed E-state index contributed by atoms with van der Waals surface area (Å²) in [6.45, 7) is 0.883. The van der Waals surface area contributed by atoms with E-state index in [4.69, 9.17) is 0 Å². The summed E-state index contributed by atoms with van der Waals surface area (Å²) < 4.78 is 1.06. The molecule has 1 aliphatic carbocycles. The number of carbonyl (C=O) groups is 1. The molecule has 0 N–H and O–H groups in total. The maximum atomic E-state index is 13.6. The van der Waals surface area contributed by atoms with Crippen LogP contribution >= 0.6 is 22.6 Å². The number of alkyl halides is 1. The van der Waals surface area contributed by atoms with Gasteiger partial charge in [-0.05, 0) is 29.4 Å². The fourth-order valence-electron chi connectivity index (χ4n) is 4.99. The van der Waals surface area contributed by atoms with E-state index in [0.29, 0.717) is 11.8 Å². The van der Waals surface area contributed by atoms with Gasteiger partial charge in [0.1, 0.15) is 0 Å². The Morgan fingerprint density at radius 2 is 1.48 bits per heavy atom. The Hall–Kier alpha value is -1.36. The lowest BCUT2D eigenvalue weighted by Gasteiger charge is -2.29. The third-order valence-corrected chi connectivity index (χ3v) is 7.53. The van der Waals surface area contributed by atoms with Crippen LogP contribution in [0.3, 0.4) is 0 Å². The fraction of sp³-hybridized carbons (Fsp3) is 0.458. The molecule has 1 saturated heterocycles. The second-order valence-electron chi connectivity index (χ2n) is 8.12. The van der Waals surface area contributed by atoms with Gasteiger partial charge in [0.15, 0.2) is 0 Å². The summed E-state index contributed by atoms with van der Waals surface area (Å²) in [5.41, 5.74) is 2.43. The van der Waals surface area contributed by atoms with E-state index in [-0.39, 0.29) is 12.0 Å². The zero-order chi connectivity index (χ0) is 18.6. The summed E-state index contributed by atoms with van der Waals surface area (Å²) in [6, 6.07) is 21.1. The van der Waals surface area contributed by atoms with Gasteiger partial charge in [-0.15, -0.1) is 0 Å². The molecular weight excluding hydrogens is 445 g/mol. The quantitative estimate of drug-likeness (QED) is 0.380. The molecule has 1 aliphatic heterocycles. The van der Waals surface area contributed by atoms with Crippen LogP contribution in [0.15, 0.2) is 60.7 Å². The third-order valence-electron chi connectivity index (χ3n) is 6.40. The highest BCUT2D eigenvalue weighted by Gasteiger charge is 2.44. The Balaban J connectivity index is 1.64. The molecule has 1 heterocycles. The van der Waals surface area contributed by atoms with E-state index in [9.17, 15) is 4.79 Å². The summed E-state index contributed by atoms with van der Waals surface area (Å²) in [4.78, 5) is 15.7. The zero-order valence-electron chi connectivity index (χ0n) is 15.8. The number of amides is 1. The minimum absolute atomic E-state index is 0.0268. The van der Waals surface area contributed by atoms with Gasteiger partial charge >= 0.3 is 0 Å². The average molecular weight is 473 g/mol. The first-order valence-corrected chi connectivity index (χ1v) is 11.8. The predicted octanol–water partition coefficient (Wildman–Crippen LogP) is 5.87. The van der Waals surface area contributed by atoms with Crippen molar-refractivity contribution in [3.05, 3.63) is 71.8 Å². The van der Waals surface area contributed by atoms with E-state index in [2.05, 4.69) is 76.0 Å². The molecule has 0 aromatic heterocycles. The summed E-state index contributed by atoms with van der Waals surface area (Å²) in [5.74, 6) is 1.83. The van der Waals surface area contributed by atoms with E-state index in [1.807, 2.05) is 12.1 Å². The lowest BCUT2D eigenvalue weighted by Crippen LogP contribution is -2.33. The number of benzene rings is 2. The smallest absolute Gasteiger partial charge is 0.226 e. The molecule has 142 valence electrons. The number of nitrogens with zero attached hydrogens (tertiary/aromatic N) is 1. The fourth-order valence-corrected chi connectivity index (χ4v) is 5.89. The van der Waals surface area contributed by atoms with E-state index < -0.39 is 0 Å². The van der Waals surface area contributed by atoms with Gasteiger partial charge in [-0.25, -0.2) is 0 Å². The Labute approximate surface area is 176 Å². The molecule has 0 bridgehead atoms. The van der Waals surface area contributed by atoms with E-state index in [1.54, 1.807) is 0 Å². The van der Waals surface area contributed by atoms with Crippen LogP contribution in [0.1, 0.15) is 49.3 Å². The Morgan fingerprint density at radius 3 is 2.00 bits per heavy atom. The number of hydrogen-bond acceptors (Lipinski definition) is 1. The van der Waals surface area contributed by atoms with Gasteiger partial charge < -0.3 is 4.90 Å². The average Bonchev–Trinajstić information content (AvgIpc) is 3.34. The largest absolute Gasteiger partial charge is 0.331 e. The van der Waals surface area contributed by atoms with Crippen LogP contribution < -0.4 is 0 Å². The minimum Gasteiger partial charge on any atom is -0.331 e. The van der Waals surface area contributed by atoms with Crippen molar-refractivity contribution in [2.45, 2.75) is 38.1 Å². The normalized spacial score (nSPS) is 23.5. The van der Waals surface area contributed by atoms with Crippen LogP contribution in [0.25, 0.3) is 0 Å². The van der Waals surface area contributed by atoms with Gasteiger partial charge in [0, 0.05) is 16.9 Å². The molecule has 3 heteroatoms. The van der Waals surface area contributed by atoms with Crippen LogP contribution in [-0.2, 0) is 4.79 Å². The van der Waals surface area contributed by atoms with Crippen molar-refractivity contribution in [2.75, 3.05) is 11.0 Å². The van der Waals surface area contributed by atoms with Gasteiger partial charge in [-0.3, -0.25) is 4.79 Å². The van der Waals surface area contributed by atoms with Crippen LogP contribution in [-0.4, -0.2) is 21.8 Å². The monoisotopic (exact) mass is 473 g/mol. The molecule has 0 spiro atoms. The molecule has 27 heavy (non-hydrogen) atoms. The second kappa shape index (κ2) is 8.76. The van der Waals surface area contributed by atoms with E-state index in [1.165, 1.54) is 36.8 Å². The van der Waals surface area contributed by atoms with Crippen molar-refractivity contribution in [1.82, 2.24) is 4.90 Å². The highest BCUT2D eigenvalue weighted by molar-refractivity contribution is 14.1. The first kappa shape index (κ1) is 19.0. The molecule has 0 radical (unpaired) electrons. The Bertz CT molecular complexity index is 702. The molecule has 4 rings (SSSR count). The number of hydrogen-bond donors (Lipinski definition) is 0. The first-order valence-electron chi connectivity index (χ1n) is 10.2. The van der Waals surface area contributed by atoms with Gasteiger partial charge in [0.25, 0.3) is 0 Å². The van der Waals surface area contributed by atoms with Crippen molar-refractivity contribution in [3.8, 4) is 0 Å². The number of likely N-dealkylation sites (tertiary alicyclic amines) is 1. The van der Waals surface area contributed by atoms with Crippen molar-refractivity contribution in [1.29, 1.82) is 0 Å². The maximum absolute atomic E-state index is 13.6. The molecule has 2 fully saturated rings. The molecule has 1 saturated carbocycles. The molecule has 0 unspecified atom stereocenters. The SMILES string of the molecule is O=C1[C@H](CC2CCCC2)[C@@H](CI)CN1C(c1ccccc1)c1ccccc1. The standard InChI is InChI=1S/C24H28INO/c25-16-21-17-26(24(27)22(21)15-18-9-7-8-10-18)23(19-11-3-1-4-12-19)20-13-5-2-6-14-20/h1-6,11-14,18,21-23H,7-10,15-17H2/t21-,22+/m0/s1. The van der Waals surface area contributed by atoms with Crippen molar-refractivity contribution in [2.24, 2.45) is 17.8 Å². The lowest BCUT2D eigenvalue weighted by molar-refractivity contribution is -0.133. The van der Waals surface area contributed by atoms with Crippen LogP contribution in [0.5, 0.6) is 0 Å². The van der Waals surface area contributed by atoms with Gasteiger partial charge in [0.2, 0.25) is 5.91 Å². The lowest BCUT2D eigenvalue weighted by atomic mass is 9.86. The van der Waals surface area contributed by atoms with Crippen LogP contribution in [0, 0.1) is 17.8 Å². The highest BCUT2D eigenvalue weighted by atomic mass is 127. The molecule has 2 aromatic carbocycles. The molecule has 2 nitrogen and oxygen atoms in total. The summed E-state index contributed by atoms with van der Waals surface area (Å²) >= 11 is 2.49. The Kier molecular flexibility index (Phi) is 6.16. The number of carbonyl (C=O) groups excluding carboxylic acids is 1. The van der Waals surface area contributed by atoms with Crippen LogP contribution in [0.2, 0.25) is 0 Å². The topological polar surface area (TPSA) is 20.3 Å². The van der Waals surface area contributed by atoms with E-state index >= 15 is 0 Å². The Morgan fingerprint density at radius 1 is 0.926 bits per heavy atom. The van der Waals surface area contributed by atoms with E-state index in [0.717, 1.165) is 23.3 Å². The molecule has 1 amide bonds. The van der Waals surface area contributed by atoms with Crippen molar-refractivity contribution >= 4 is 28.5 Å². The highest BCUT2D eigenvalue weighted by Crippen LogP contribution is 2.41.